The van der Waals surface area contributed by atoms with Crippen LogP contribution in [0.4, 0.5) is 0 Å². The molecule has 2 rings (SSSR count). The summed E-state index contributed by atoms with van der Waals surface area (Å²) in [5.74, 6) is 1.76. The Balaban J connectivity index is 1.65. The van der Waals surface area contributed by atoms with E-state index in [1.165, 1.54) is 6.08 Å². The number of hydrogen-bond donors (Lipinski definition) is 0. The molecule has 0 radical (unpaired) electrons. The summed E-state index contributed by atoms with van der Waals surface area (Å²) in [6, 6.07) is -0.345. The number of Topliss-reactive ketones (excluding diaryl/α,β-unsaturated/α-hetero) is 1. The maximum Gasteiger partial charge on any atom is 0.225 e. The number of allylic oxidation sites excluding steroid dienone is 1. The molecule has 6 nitrogen and oxygen atoms in total. The van der Waals surface area contributed by atoms with Crippen molar-refractivity contribution in [2.45, 2.75) is 13.0 Å². The molecule has 126 valence electrons. The summed E-state index contributed by atoms with van der Waals surface area (Å²) in [6.07, 6.45) is 8.26. The predicted molar refractivity (Wildman–Crippen MR) is 87.9 cm³/mol. The molecule has 1 atom stereocenters. The number of carbonyl (C=O) groups is 2. The molecule has 1 fully saturated rings. The van der Waals surface area contributed by atoms with E-state index < -0.39 is 5.78 Å². The molecule has 0 aromatic rings. The van der Waals surface area contributed by atoms with Crippen LogP contribution < -0.4 is 0 Å². The molecule has 2 aliphatic rings. The van der Waals surface area contributed by atoms with E-state index in [9.17, 15) is 9.59 Å². The van der Waals surface area contributed by atoms with Gasteiger partial charge in [0.2, 0.25) is 11.6 Å². The number of ketones is 2. The predicted octanol–water partition coefficient (Wildman–Crippen LogP) is -0.390. The largest absolute Gasteiger partial charge is 0.367 e. The highest BCUT2D eigenvalue weighted by molar-refractivity contribution is 6.43. The van der Waals surface area contributed by atoms with Crippen molar-refractivity contribution >= 4 is 11.6 Å². The quantitative estimate of drug-likeness (QED) is 0.362. The van der Waals surface area contributed by atoms with Crippen molar-refractivity contribution in [3.63, 3.8) is 0 Å². The van der Waals surface area contributed by atoms with Crippen LogP contribution in [0.2, 0.25) is 0 Å². The number of hydrogen-bond acceptors (Lipinski definition) is 6. The van der Waals surface area contributed by atoms with Crippen molar-refractivity contribution in [3.05, 3.63) is 12.3 Å². The zero-order valence-corrected chi connectivity index (χ0v) is 13.7. The van der Waals surface area contributed by atoms with E-state index in [-0.39, 0.29) is 11.8 Å². The summed E-state index contributed by atoms with van der Waals surface area (Å²) in [4.78, 5) is 29.7. The Morgan fingerprint density at radius 2 is 1.83 bits per heavy atom. The molecule has 0 amide bonds. The minimum absolute atomic E-state index is 0.315. The molecule has 6 heteroatoms. The molecule has 0 aromatic carbocycles. The van der Waals surface area contributed by atoms with Crippen LogP contribution >= 0.6 is 0 Å². The molecule has 1 saturated heterocycles. The zero-order valence-electron chi connectivity index (χ0n) is 13.7. The van der Waals surface area contributed by atoms with Crippen LogP contribution in [0.3, 0.4) is 0 Å². The molecule has 0 aliphatic carbocycles. The van der Waals surface area contributed by atoms with Gasteiger partial charge in [-0.15, -0.1) is 6.42 Å². The average Bonchev–Trinajstić information content (AvgIpc) is 2.57. The van der Waals surface area contributed by atoms with Gasteiger partial charge >= 0.3 is 0 Å². The summed E-state index contributed by atoms with van der Waals surface area (Å²) in [5.41, 5.74) is 0. The van der Waals surface area contributed by atoms with Crippen molar-refractivity contribution in [1.29, 1.82) is 0 Å². The molecule has 2 heterocycles. The van der Waals surface area contributed by atoms with Gasteiger partial charge in [-0.25, -0.2) is 0 Å². The Labute approximate surface area is 138 Å². The van der Waals surface area contributed by atoms with Crippen molar-refractivity contribution in [2.24, 2.45) is 0 Å². The van der Waals surface area contributed by atoms with Crippen molar-refractivity contribution in [2.75, 3.05) is 59.0 Å². The summed E-state index contributed by atoms with van der Waals surface area (Å²) in [5, 5.41) is 0. The first kappa shape index (κ1) is 17.7. The third-order valence-corrected chi connectivity index (χ3v) is 4.41. The number of terminal acetylenes is 1. The van der Waals surface area contributed by atoms with Gasteiger partial charge in [-0.1, -0.05) is 5.92 Å². The van der Waals surface area contributed by atoms with E-state index in [1.807, 2.05) is 4.90 Å². The van der Waals surface area contributed by atoms with E-state index >= 15 is 0 Å². The van der Waals surface area contributed by atoms with Gasteiger partial charge in [-0.3, -0.25) is 19.4 Å². The fourth-order valence-corrected chi connectivity index (χ4v) is 2.82. The highest BCUT2D eigenvalue weighted by atomic mass is 16.5. The lowest BCUT2D eigenvalue weighted by Crippen LogP contribution is -2.50. The molecule has 0 aromatic heterocycles. The highest BCUT2D eigenvalue weighted by Crippen LogP contribution is 2.09. The Hall–Kier alpha value is -1.68. The average molecular weight is 319 g/mol. The molecule has 23 heavy (non-hydrogen) atoms. The van der Waals surface area contributed by atoms with Crippen LogP contribution in [0.15, 0.2) is 12.3 Å². The summed E-state index contributed by atoms with van der Waals surface area (Å²) < 4.78 is 5.30. The van der Waals surface area contributed by atoms with Crippen LogP contribution in [0, 0.1) is 12.3 Å². The van der Waals surface area contributed by atoms with Gasteiger partial charge < -0.3 is 9.64 Å². The van der Waals surface area contributed by atoms with E-state index in [0.717, 1.165) is 45.8 Å². The van der Waals surface area contributed by atoms with Gasteiger partial charge in [0.1, 0.15) is 6.61 Å². The SMILES string of the molecule is C#CCOCCN1CCN(CCN2C=CC(=O)C(=O)C2C)CC1. The third-order valence-electron chi connectivity index (χ3n) is 4.41. The first-order valence-electron chi connectivity index (χ1n) is 8.10. The number of piperazine rings is 1. The van der Waals surface area contributed by atoms with Gasteiger partial charge in [-0.05, 0) is 6.92 Å². The van der Waals surface area contributed by atoms with Crippen LogP contribution in [0.25, 0.3) is 0 Å². The maximum absolute atomic E-state index is 11.7. The molecular formula is C17H25N3O3. The number of nitrogens with zero attached hydrogens (tertiary/aromatic N) is 3. The minimum atomic E-state index is -0.394. The summed E-state index contributed by atoms with van der Waals surface area (Å²) in [6.45, 7) is 9.47. The standard InChI is InChI=1S/C17H25N3O3/c1-3-13-23-14-12-19-8-6-18(7-9-19)10-11-20-5-4-16(21)17(22)15(20)2/h1,4-5,15H,6-14H2,2H3. The van der Waals surface area contributed by atoms with Crippen LogP contribution in [0.1, 0.15) is 6.92 Å². The second-order valence-corrected chi connectivity index (χ2v) is 5.90. The number of ether oxygens (including phenoxy) is 1. The number of rotatable bonds is 7. The molecular weight excluding hydrogens is 294 g/mol. The van der Waals surface area contributed by atoms with Crippen LogP contribution in [-0.2, 0) is 14.3 Å². The minimum Gasteiger partial charge on any atom is -0.367 e. The Morgan fingerprint density at radius 3 is 2.48 bits per heavy atom. The van der Waals surface area contributed by atoms with E-state index in [0.29, 0.717) is 13.2 Å². The molecule has 0 bridgehead atoms. The summed E-state index contributed by atoms with van der Waals surface area (Å²) in [7, 11) is 0. The molecule has 0 saturated carbocycles. The molecule has 0 spiro atoms. The Bertz CT molecular complexity index is 490. The van der Waals surface area contributed by atoms with Gasteiger partial charge in [0, 0.05) is 58.1 Å². The van der Waals surface area contributed by atoms with Crippen LogP contribution in [0.5, 0.6) is 0 Å². The lowest BCUT2D eigenvalue weighted by Gasteiger charge is -2.36. The lowest BCUT2D eigenvalue weighted by molar-refractivity contribution is -0.137. The zero-order chi connectivity index (χ0) is 16.7. The maximum atomic E-state index is 11.7. The van der Waals surface area contributed by atoms with Crippen molar-refractivity contribution in [3.8, 4) is 12.3 Å². The first-order chi connectivity index (χ1) is 11.1. The Morgan fingerprint density at radius 1 is 1.17 bits per heavy atom. The normalized spacial score (nSPS) is 23.3. The van der Waals surface area contributed by atoms with E-state index in [1.54, 1.807) is 13.1 Å². The van der Waals surface area contributed by atoms with Crippen molar-refractivity contribution < 1.29 is 14.3 Å². The van der Waals surface area contributed by atoms with Gasteiger partial charge in [0.15, 0.2) is 0 Å². The third kappa shape index (κ3) is 5.17. The molecule has 1 unspecified atom stereocenters. The van der Waals surface area contributed by atoms with Gasteiger partial charge in [0.25, 0.3) is 0 Å². The van der Waals surface area contributed by atoms with Crippen LogP contribution in [-0.4, -0.2) is 91.3 Å². The van der Waals surface area contributed by atoms with E-state index in [4.69, 9.17) is 11.2 Å². The monoisotopic (exact) mass is 319 g/mol. The lowest BCUT2D eigenvalue weighted by atomic mass is 10.1. The second-order valence-electron chi connectivity index (χ2n) is 5.90. The molecule has 0 N–H and O–H groups in total. The number of carbonyl (C=O) groups excluding carboxylic acids is 2. The molecule has 2 aliphatic heterocycles. The fourth-order valence-electron chi connectivity index (χ4n) is 2.82. The topological polar surface area (TPSA) is 53.1 Å². The second kappa shape index (κ2) is 8.82. The Kier molecular flexibility index (Phi) is 6.78. The first-order valence-corrected chi connectivity index (χ1v) is 8.10. The highest BCUT2D eigenvalue weighted by Gasteiger charge is 2.28. The smallest absolute Gasteiger partial charge is 0.225 e. The summed E-state index contributed by atoms with van der Waals surface area (Å²) >= 11 is 0. The van der Waals surface area contributed by atoms with Gasteiger partial charge in [0.05, 0.1) is 12.6 Å². The van der Waals surface area contributed by atoms with Crippen molar-refractivity contribution in [1.82, 2.24) is 14.7 Å². The van der Waals surface area contributed by atoms with E-state index in [2.05, 4.69) is 15.7 Å². The van der Waals surface area contributed by atoms with Gasteiger partial charge in [-0.2, -0.15) is 0 Å². The fraction of sp³-hybridized carbons (Fsp3) is 0.647.